The summed E-state index contributed by atoms with van der Waals surface area (Å²) < 4.78 is 5.99. The molecule has 5 heteroatoms. The molecule has 0 bridgehead atoms. The number of nitrogens with zero attached hydrogens (tertiary/aromatic N) is 1. The molecule has 3 aromatic rings. The molecule has 5 rings (SSSR count). The highest BCUT2D eigenvalue weighted by Crippen LogP contribution is 2.31. The Labute approximate surface area is 202 Å². The normalized spacial score (nSPS) is 20.3. The highest BCUT2D eigenvalue weighted by Gasteiger charge is 2.41. The lowest BCUT2D eigenvalue weighted by molar-refractivity contribution is -0.125. The molecule has 3 aromatic carbocycles. The van der Waals surface area contributed by atoms with Gasteiger partial charge in [-0.3, -0.25) is 9.69 Å². The number of nitrogens with one attached hydrogen (secondary N) is 2. The van der Waals surface area contributed by atoms with Crippen LogP contribution in [0.15, 0.2) is 78.9 Å². The van der Waals surface area contributed by atoms with Crippen molar-refractivity contribution in [1.29, 1.82) is 0 Å². The first-order chi connectivity index (χ1) is 16.7. The fourth-order valence-electron chi connectivity index (χ4n) is 5.36. The Morgan fingerprint density at radius 1 is 0.941 bits per heavy atom. The summed E-state index contributed by atoms with van der Waals surface area (Å²) in [6.07, 6.45) is 2.88. The number of likely N-dealkylation sites (N-methyl/N-ethyl adjacent to an activating group) is 1. The molecule has 176 valence electrons. The van der Waals surface area contributed by atoms with E-state index in [0.717, 1.165) is 43.7 Å². The van der Waals surface area contributed by atoms with Crippen molar-refractivity contribution in [1.82, 2.24) is 15.5 Å². The molecule has 1 aliphatic heterocycles. The van der Waals surface area contributed by atoms with Crippen LogP contribution in [-0.2, 0) is 30.8 Å². The van der Waals surface area contributed by atoms with Crippen LogP contribution in [0, 0.1) is 0 Å². The van der Waals surface area contributed by atoms with Crippen molar-refractivity contribution < 1.29 is 9.53 Å². The molecule has 0 unspecified atom stereocenters. The van der Waals surface area contributed by atoms with E-state index in [-0.39, 0.29) is 18.0 Å². The molecule has 5 nitrogen and oxygen atoms in total. The number of likely N-dealkylation sites (tertiary alicyclic amines) is 1. The molecule has 1 amide bonds. The molecular weight excluding hydrogens is 422 g/mol. The maximum atomic E-state index is 12.7. The molecule has 1 heterocycles. The van der Waals surface area contributed by atoms with E-state index >= 15 is 0 Å². The second-order valence-corrected chi connectivity index (χ2v) is 9.39. The number of carbonyl (C=O) groups is 1. The van der Waals surface area contributed by atoms with Crippen LogP contribution in [0.2, 0.25) is 0 Å². The average molecular weight is 456 g/mol. The van der Waals surface area contributed by atoms with Crippen molar-refractivity contribution in [2.24, 2.45) is 0 Å². The molecule has 0 spiro atoms. The van der Waals surface area contributed by atoms with Crippen LogP contribution in [0.3, 0.4) is 0 Å². The summed E-state index contributed by atoms with van der Waals surface area (Å²) in [4.78, 5) is 15.1. The summed E-state index contributed by atoms with van der Waals surface area (Å²) in [6, 6.07) is 27.8. The van der Waals surface area contributed by atoms with Crippen LogP contribution in [0.25, 0.3) is 0 Å². The van der Waals surface area contributed by atoms with Gasteiger partial charge in [-0.25, -0.2) is 0 Å². The second kappa shape index (κ2) is 10.4. The van der Waals surface area contributed by atoms with Crippen molar-refractivity contribution >= 4 is 5.91 Å². The maximum Gasteiger partial charge on any atom is 0.237 e. The minimum Gasteiger partial charge on any atom is -0.489 e. The number of fused-ring (bicyclic) bond motifs is 1. The fraction of sp³-hybridized carbons (Fsp3) is 0.345. The summed E-state index contributed by atoms with van der Waals surface area (Å²) in [5.74, 6) is 1.000. The van der Waals surface area contributed by atoms with E-state index < -0.39 is 0 Å². The Balaban J connectivity index is 1.19. The first kappa shape index (κ1) is 22.6. The van der Waals surface area contributed by atoms with Crippen LogP contribution in [-0.4, -0.2) is 42.5 Å². The Bertz CT molecular complexity index is 1090. The summed E-state index contributed by atoms with van der Waals surface area (Å²) in [7, 11) is 1.74. The molecule has 2 atom stereocenters. The zero-order valence-corrected chi connectivity index (χ0v) is 19.7. The molecule has 0 aromatic heterocycles. The number of amides is 1. The quantitative estimate of drug-likeness (QED) is 0.544. The highest BCUT2D eigenvalue weighted by molar-refractivity contribution is 5.82. The zero-order chi connectivity index (χ0) is 23.3. The van der Waals surface area contributed by atoms with Gasteiger partial charge >= 0.3 is 0 Å². The average Bonchev–Trinajstić information content (AvgIpc) is 3.51. The third-order valence-corrected chi connectivity index (χ3v) is 7.13. The molecule has 34 heavy (non-hydrogen) atoms. The van der Waals surface area contributed by atoms with Crippen LogP contribution >= 0.6 is 0 Å². The van der Waals surface area contributed by atoms with E-state index in [2.05, 4.69) is 64.1 Å². The van der Waals surface area contributed by atoms with Crippen molar-refractivity contribution in [2.45, 2.75) is 50.5 Å². The van der Waals surface area contributed by atoms with Gasteiger partial charge in [0.15, 0.2) is 0 Å². The summed E-state index contributed by atoms with van der Waals surface area (Å²) in [5, 5.41) is 6.59. The Morgan fingerprint density at radius 3 is 2.38 bits per heavy atom. The summed E-state index contributed by atoms with van der Waals surface area (Å²) in [6.45, 7) is 2.21. The number of hydrogen-bond donors (Lipinski definition) is 2. The molecule has 1 fully saturated rings. The van der Waals surface area contributed by atoms with E-state index in [1.807, 2.05) is 30.3 Å². The van der Waals surface area contributed by atoms with E-state index in [1.54, 1.807) is 7.05 Å². The minimum atomic E-state index is -0.0812. The van der Waals surface area contributed by atoms with E-state index in [9.17, 15) is 4.79 Å². The first-order valence-electron chi connectivity index (χ1n) is 12.2. The predicted octanol–water partition coefficient (Wildman–Crippen LogP) is 3.71. The molecule has 0 radical (unpaired) electrons. The lowest BCUT2D eigenvalue weighted by atomic mass is 10.1. The van der Waals surface area contributed by atoms with Gasteiger partial charge in [0.05, 0.1) is 6.04 Å². The summed E-state index contributed by atoms with van der Waals surface area (Å²) in [5.41, 5.74) is 5.19. The maximum absolute atomic E-state index is 12.7. The lowest BCUT2D eigenvalue weighted by Crippen LogP contribution is -2.47. The van der Waals surface area contributed by atoms with Gasteiger partial charge in [0.1, 0.15) is 12.4 Å². The molecule has 1 saturated heterocycles. The lowest BCUT2D eigenvalue weighted by Gasteiger charge is -2.29. The Morgan fingerprint density at radius 2 is 1.65 bits per heavy atom. The largest absolute Gasteiger partial charge is 0.489 e. The molecule has 1 aliphatic carbocycles. The van der Waals surface area contributed by atoms with Crippen LogP contribution in [0.1, 0.15) is 28.7 Å². The third-order valence-electron chi connectivity index (χ3n) is 7.13. The van der Waals surface area contributed by atoms with E-state index in [0.29, 0.717) is 12.6 Å². The number of hydrogen-bond acceptors (Lipinski definition) is 4. The van der Waals surface area contributed by atoms with Crippen LogP contribution in [0.4, 0.5) is 0 Å². The topological polar surface area (TPSA) is 53.6 Å². The molecule has 2 N–H and O–H groups in total. The minimum absolute atomic E-state index is 0.0812. The number of carbonyl (C=O) groups excluding carboxylic acids is 1. The third kappa shape index (κ3) is 5.16. The Hall–Kier alpha value is -3.15. The SMILES string of the molecule is CNC(=O)[C@@H]1C[C@H](NCc2cccc(OCc3ccccc3)c2)CN1C1Cc2ccccc2C1. The molecular formula is C29H33N3O2. The fourth-order valence-corrected chi connectivity index (χ4v) is 5.36. The van der Waals surface area contributed by atoms with Crippen molar-refractivity contribution in [3.63, 3.8) is 0 Å². The first-order valence-corrected chi connectivity index (χ1v) is 12.2. The molecule has 0 saturated carbocycles. The number of rotatable bonds is 8. The monoisotopic (exact) mass is 455 g/mol. The van der Waals surface area contributed by atoms with Crippen LogP contribution in [0.5, 0.6) is 5.75 Å². The van der Waals surface area contributed by atoms with Gasteiger partial charge in [-0.2, -0.15) is 0 Å². The van der Waals surface area contributed by atoms with Crippen molar-refractivity contribution in [3.05, 3.63) is 101 Å². The van der Waals surface area contributed by atoms with Crippen LogP contribution < -0.4 is 15.4 Å². The predicted molar refractivity (Wildman–Crippen MR) is 135 cm³/mol. The smallest absolute Gasteiger partial charge is 0.237 e. The van der Waals surface area contributed by atoms with E-state index in [4.69, 9.17) is 4.74 Å². The standard InChI is InChI=1S/C29H33N3O2/c1-30-29(33)28-17-25(19-32(28)26-15-23-11-5-6-12-24(23)16-26)31-18-22-10-7-13-27(14-22)34-20-21-8-3-2-4-9-21/h2-14,25-26,28,31H,15-20H2,1H3,(H,30,33)/t25-,28-/m0/s1. The van der Waals surface area contributed by atoms with Gasteiger partial charge < -0.3 is 15.4 Å². The Kier molecular flexibility index (Phi) is 6.93. The zero-order valence-electron chi connectivity index (χ0n) is 19.7. The molecule has 2 aliphatic rings. The van der Waals surface area contributed by atoms with Crippen molar-refractivity contribution in [3.8, 4) is 5.75 Å². The van der Waals surface area contributed by atoms with Gasteiger partial charge in [-0.1, -0.05) is 66.7 Å². The van der Waals surface area contributed by atoms with Gasteiger partial charge in [0, 0.05) is 32.2 Å². The summed E-state index contributed by atoms with van der Waals surface area (Å²) >= 11 is 0. The number of benzene rings is 3. The van der Waals surface area contributed by atoms with Crippen molar-refractivity contribution in [2.75, 3.05) is 13.6 Å². The highest BCUT2D eigenvalue weighted by atomic mass is 16.5. The van der Waals surface area contributed by atoms with Gasteiger partial charge in [0.25, 0.3) is 0 Å². The second-order valence-electron chi connectivity index (χ2n) is 9.39. The van der Waals surface area contributed by atoms with E-state index in [1.165, 1.54) is 16.7 Å². The van der Waals surface area contributed by atoms with Gasteiger partial charge in [0.2, 0.25) is 5.91 Å². The van der Waals surface area contributed by atoms with Gasteiger partial charge in [-0.05, 0) is 53.6 Å². The number of ether oxygens (including phenoxy) is 1. The van der Waals surface area contributed by atoms with Gasteiger partial charge in [-0.15, -0.1) is 0 Å².